The van der Waals surface area contributed by atoms with E-state index in [-0.39, 0.29) is 6.79 Å². The molecule has 5 heteroatoms. The number of rotatable bonds is 3. The fraction of sp³-hybridized carbons (Fsp3) is 0.417. The van der Waals surface area contributed by atoms with Crippen LogP contribution in [-0.4, -0.2) is 19.5 Å². The van der Waals surface area contributed by atoms with Gasteiger partial charge < -0.3 is 14.2 Å². The van der Waals surface area contributed by atoms with E-state index in [2.05, 4.69) is 5.32 Å². The Hall–Kier alpha value is -1.91. The van der Waals surface area contributed by atoms with E-state index in [9.17, 15) is 4.79 Å². The van der Waals surface area contributed by atoms with Crippen molar-refractivity contribution < 1.29 is 19.0 Å². The molecule has 0 saturated heterocycles. The molecular formula is C12H15NO4. The Morgan fingerprint density at radius 3 is 2.94 bits per heavy atom. The van der Waals surface area contributed by atoms with Crippen molar-refractivity contribution in [2.75, 3.05) is 18.7 Å². The van der Waals surface area contributed by atoms with E-state index >= 15 is 0 Å². The molecule has 1 amide bonds. The molecule has 2 rings (SSSR count). The molecule has 17 heavy (non-hydrogen) atoms. The maximum atomic E-state index is 11.4. The Balaban J connectivity index is 1.92. The lowest BCUT2D eigenvalue weighted by molar-refractivity contribution is 0.147. The van der Waals surface area contributed by atoms with Gasteiger partial charge in [-0.15, -0.1) is 0 Å². The number of ether oxygens (including phenoxy) is 3. The average molecular weight is 237 g/mol. The Kier molecular flexibility index (Phi) is 3.37. The molecule has 0 unspecified atom stereocenters. The van der Waals surface area contributed by atoms with Gasteiger partial charge in [-0.1, -0.05) is 13.8 Å². The zero-order valence-electron chi connectivity index (χ0n) is 9.86. The lowest BCUT2D eigenvalue weighted by atomic mass is 10.2. The summed E-state index contributed by atoms with van der Waals surface area (Å²) in [6, 6.07) is 5.20. The zero-order valence-corrected chi connectivity index (χ0v) is 9.86. The fourth-order valence-electron chi connectivity index (χ4n) is 1.37. The molecule has 0 radical (unpaired) electrons. The van der Waals surface area contributed by atoms with Crippen molar-refractivity contribution in [3.8, 4) is 11.5 Å². The van der Waals surface area contributed by atoms with E-state index in [0.717, 1.165) is 0 Å². The number of anilines is 1. The summed E-state index contributed by atoms with van der Waals surface area (Å²) in [5.41, 5.74) is 0.628. The summed E-state index contributed by atoms with van der Waals surface area (Å²) in [5, 5.41) is 2.63. The van der Waals surface area contributed by atoms with E-state index < -0.39 is 6.09 Å². The predicted molar refractivity (Wildman–Crippen MR) is 62.4 cm³/mol. The smallest absolute Gasteiger partial charge is 0.411 e. The van der Waals surface area contributed by atoms with Crippen molar-refractivity contribution in [2.24, 2.45) is 5.92 Å². The first-order valence-corrected chi connectivity index (χ1v) is 5.48. The number of hydrogen-bond donors (Lipinski definition) is 1. The fourth-order valence-corrected chi connectivity index (χ4v) is 1.37. The van der Waals surface area contributed by atoms with Gasteiger partial charge in [-0.3, -0.25) is 5.32 Å². The van der Waals surface area contributed by atoms with Gasteiger partial charge in [-0.05, 0) is 18.1 Å². The van der Waals surface area contributed by atoms with Crippen molar-refractivity contribution >= 4 is 11.8 Å². The molecule has 1 heterocycles. The van der Waals surface area contributed by atoms with Crippen LogP contribution >= 0.6 is 0 Å². The molecule has 0 atom stereocenters. The number of benzene rings is 1. The second-order valence-electron chi connectivity index (χ2n) is 4.19. The van der Waals surface area contributed by atoms with Gasteiger partial charge in [-0.25, -0.2) is 4.79 Å². The third-order valence-electron chi connectivity index (χ3n) is 2.17. The van der Waals surface area contributed by atoms with E-state index in [1.165, 1.54) is 0 Å². The third kappa shape index (κ3) is 3.03. The first-order chi connectivity index (χ1) is 8.15. The number of fused-ring (bicyclic) bond motifs is 1. The largest absolute Gasteiger partial charge is 0.454 e. The lowest BCUT2D eigenvalue weighted by Gasteiger charge is -2.09. The molecule has 5 nitrogen and oxygen atoms in total. The van der Waals surface area contributed by atoms with Gasteiger partial charge >= 0.3 is 6.09 Å². The molecule has 0 bridgehead atoms. The second-order valence-corrected chi connectivity index (χ2v) is 4.19. The maximum Gasteiger partial charge on any atom is 0.411 e. The Morgan fingerprint density at radius 1 is 1.41 bits per heavy atom. The summed E-state index contributed by atoms with van der Waals surface area (Å²) >= 11 is 0. The molecule has 0 aromatic heterocycles. The minimum Gasteiger partial charge on any atom is -0.454 e. The topological polar surface area (TPSA) is 56.8 Å². The second kappa shape index (κ2) is 4.95. The minimum absolute atomic E-state index is 0.219. The summed E-state index contributed by atoms with van der Waals surface area (Å²) in [7, 11) is 0. The van der Waals surface area contributed by atoms with Gasteiger partial charge in [0.05, 0.1) is 6.61 Å². The van der Waals surface area contributed by atoms with Crippen LogP contribution in [0.4, 0.5) is 10.5 Å². The molecule has 1 N–H and O–H groups in total. The molecule has 1 aromatic carbocycles. The van der Waals surface area contributed by atoms with E-state index in [1.807, 2.05) is 13.8 Å². The molecule has 1 aliphatic heterocycles. The Bertz CT molecular complexity index is 417. The summed E-state index contributed by atoms with van der Waals surface area (Å²) in [6.07, 6.45) is -0.461. The predicted octanol–water partition coefficient (Wildman–Crippen LogP) is 2.62. The quantitative estimate of drug-likeness (QED) is 0.877. The van der Waals surface area contributed by atoms with Gasteiger partial charge in [0.25, 0.3) is 0 Å². The first kappa shape index (κ1) is 11.6. The number of hydrogen-bond acceptors (Lipinski definition) is 4. The number of carbonyl (C=O) groups is 1. The zero-order chi connectivity index (χ0) is 12.3. The molecule has 1 aromatic rings. The number of carbonyl (C=O) groups excluding carboxylic acids is 1. The summed E-state index contributed by atoms with van der Waals surface area (Å²) < 4.78 is 15.4. The van der Waals surface area contributed by atoms with Crippen molar-refractivity contribution in [2.45, 2.75) is 13.8 Å². The van der Waals surface area contributed by atoms with Crippen LogP contribution in [0.3, 0.4) is 0 Å². The van der Waals surface area contributed by atoms with Crippen LogP contribution in [0, 0.1) is 5.92 Å². The minimum atomic E-state index is -0.461. The SMILES string of the molecule is CC(C)COC(=O)Nc1ccc2c(c1)OCO2. The van der Waals surface area contributed by atoms with Gasteiger partial charge in [0.2, 0.25) is 6.79 Å². The van der Waals surface area contributed by atoms with E-state index in [1.54, 1.807) is 18.2 Å². The standard InChI is InChI=1S/C12H15NO4/c1-8(2)6-15-12(14)13-9-3-4-10-11(5-9)17-7-16-10/h3-5,8H,6-7H2,1-2H3,(H,13,14). The number of amides is 1. The van der Waals surface area contributed by atoms with Crippen molar-refractivity contribution in [3.05, 3.63) is 18.2 Å². The Labute approximate surface area is 99.7 Å². The first-order valence-electron chi connectivity index (χ1n) is 5.48. The highest BCUT2D eigenvalue weighted by atomic mass is 16.7. The average Bonchev–Trinajstić information content (AvgIpc) is 2.73. The molecule has 92 valence electrons. The molecule has 0 saturated carbocycles. The van der Waals surface area contributed by atoms with E-state index in [0.29, 0.717) is 29.7 Å². The van der Waals surface area contributed by atoms with Crippen LogP contribution < -0.4 is 14.8 Å². The van der Waals surface area contributed by atoms with Crippen molar-refractivity contribution in [1.29, 1.82) is 0 Å². The highest BCUT2D eigenvalue weighted by molar-refractivity contribution is 5.85. The van der Waals surface area contributed by atoms with Crippen LogP contribution in [0.2, 0.25) is 0 Å². The molecule has 0 aliphatic carbocycles. The Morgan fingerprint density at radius 2 is 2.18 bits per heavy atom. The van der Waals surface area contributed by atoms with Crippen LogP contribution in [0.15, 0.2) is 18.2 Å². The van der Waals surface area contributed by atoms with Crippen molar-refractivity contribution in [1.82, 2.24) is 0 Å². The van der Waals surface area contributed by atoms with Gasteiger partial charge in [-0.2, -0.15) is 0 Å². The highest BCUT2D eigenvalue weighted by Gasteiger charge is 2.14. The van der Waals surface area contributed by atoms with Crippen LogP contribution in [0.25, 0.3) is 0 Å². The molecule has 0 spiro atoms. The van der Waals surface area contributed by atoms with Crippen LogP contribution in [-0.2, 0) is 4.74 Å². The molecular weight excluding hydrogens is 222 g/mol. The number of nitrogens with one attached hydrogen (secondary N) is 1. The van der Waals surface area contributed by atoms with Crippen LogP contribution in [0.1, 0.15) is 13.8 Å². The molecule has 1 aliphatic rings. The maximum absolute atomic E-state index is 11.4. The lowest BCUT2D eigenvalue weighted by Crippen LogP contribution is -2.16. The molecule has 0 fully saturated rings. The monoisotopic (exact) mass is 237 g/mol. The third-order valence-corrected chi connectivity index (χ3v) is 2.17. The van der Waals surface area contributed by atoms with E-state index in [4.69, 9.17) is 14.2 Å². The van der Waals surface area contributed by atoms with Gasteiger partial charge in [0.15, 0.2) is 11.5 Å². The summed E-state index contributed by atoms with van der Waals surface area (Å²) in [4.78, 5) is 11.4. The normalized spacial score (nSPS) is 12.6. The van der Waals surface area contributed by atoms with Gasteiger partial charge in [0.1, 0.15) is 0 Å². The van der Waals surface area contributed by atoms with Crippen molar-refractivity contribution in [3.63, 3.8) is 0 Å². The van der Waals surface area contributed by atoms with Gasteiger partial charge in [0, 0.05) is 11.8 Å². The van der Waals surface area contributed by atoms with Crippen LogP contribution in [0.5, 0.6) is 11.5 Å². The summed E-state index contributed by atoms with van der Waals surface area (Å²) in [5.74, 6) is 1.63. The summed E-state index contributed by atoms with van der Waals surface area (Å²) in [6.45, 7) is 4.58. The highest BCUT2D eigenvalue weighted by Crippen LogP contribution is 2.34.